The third-order valence-corrected chi connectivity index (χ3v) is 3.58. The molecule has 3 aromatic rings. The van der Waals surface area contributed by atoms with Gasteiger partial charge in [-0.25, -0.2) is 9.97 Å². The molecular weight excluding hydrogens is 328 g/mol. The third kappa shape index (κ3) is 4.19. The van der Waals surface area contributed by atoms with Gasteiger partial charge in [0.25, 0.3) is 5.91 Å². The molecule has 26 heavy (non-hydrogen) atoms. The highest BCUT2D eigenvalue weighted by molar-refractivity contribution is 5.92. The van der Waals surface area contributed by atoms with E-state index in [2.05, 4.69) is 31.7 Å². The van der Waals surface area contributed by atoms with Crippen LogP contribution in [-0.4, -0.2) is 20.9 Å². The molecule has 0 fully saturated rings. The zero-order valence-electron chi connectivity index (χ0n) is 14.1. The van der Waals surface area contributed by atoms with Crippen molar-refractivity contribution in [2.75, 3.05) is 5.32 Å². The molecule has 2 aromatic heterocycles. The second kappa shape index (κ2) is 7.85. The number of hydrogen-bond donors (Lipinski definition) is 2. The molecular formula is C19H16N6O. The Kier molecular flexibility index (Phi) is 5.15. The molecule has 7 heteroatoms. The molecule has 0 atom stereocenters. The average Bonchev–Trinajstić information content (AvgIpc) is 2.67. The molecule has 0 aliphatic rings. The molecule has 0 saturated heterocycles. The lowest BCUT2D eigenvalue weighted by Crippen LogP contribution is -2.24. The van der Waals surface area contributed by atoms with Crippen LogP contribution >= 0.6 is 0 Å². The van der Waals surface area contributed by atoms with Crippen molar-refractivity contribution in [3.05, 3.63) is 77.4 Å². The maximum absolute atomic E-state index is 12.4. The van der Waals surface area contributed by atoms with Gasteiger partial charge in [-0.15, -0.1) is 0 Å². The molecule has 0 radical (unpaired) electrons. The normalized spacial score (nSPS) is 10.0. The monoisotopic (exact) mass is 344 g/mol. The largest absolute Gasteiger partial charge is 0.347 e. The van der Waals surface area contributed by atoms with E-state index in [1.807, 2.05) is 12.1 Å². The van der Waals surface area contributed by atoms with E-state index >= 15 is 0 Å². The SMILES string of the molecule is Cc1cc(C(=O)NCc2ccncc2)nc(Nc2ccccc2C#N)n1. The van der Waals surface area contributed by atoms with Crippen molar-refractivity contribution in [2.45, 2.75) is 13.5 Å². The Hall–Kier alpha value is -3.79. The van der Waals surface area contributed by atoms with Crippen LogP contribution in [-0.2, 0) is 6.54 Å². The molecule has 2 N–H and O–H groups in total. The van der Waals surface area contributed by atoms with Crippen molar-refractivity contribution >= 4 is 17.5 Å². The van der Waals surface area contributed by atoms with Crippen LogP contribution < -0.4 is 10.6 Å². The van der Waals surface area contributed by atoms with Gasteiger partial charge >= 0.3 is 0 Å². The Morgan fingerprint density at radius 1 is 1.15 bits per heavy atom. The van der Waals surface area contributed by atoms with E-state index < -0.39 is 0 Å². The van der Waals surface area contributed by atoms with Crippen LogP contribution in [0, 0.1) is 18.3 Å². The number of carbonyl (C=O) groups is 1. The van der Waals surface area contributed by atoms with Crippen molar-refractivity contribution in [3.63, 3.8) is 0 Å². The fourth-order valence-corrected chi connectivity index (χ4v) is 2.32. The summed E-state index contributed by atoms with van der Waals surface area (Å²) in [5.74, 6) is -0.0364. The minimum atomic E-state index is -0.302. The van der Waals surface area contributed by atoms with E-state index in [0.717, 1.165) is 5.56 Å². The van der Waals surface area contributed by atoms with Gasteiger partial charge in [-0.3, -0.25) is 9.78 Å². The van der Waals surface area contributed by atoms with E-state index in [-0.39, 0.29) is 17.5 Å². The first-order valence-corrected chi connectivity index (χ1v) is 7.94. The van der Waals surface area contributed by atoms with E-state index in [1.165, 1.54) is 0 Å². The summed E-state index contributed by atoms with van der Waals surface area (Å²) in [7, 11) is 0. The van der Waals surface area contributed by atoms with Crippen molar-refractivity contribution < 1.29 is 4.79 Å². The van der Waals surface area contributed by atoms with Gasteiger partial charge < -0.3 is 10.6 Å². The van der Waals surface area contributed by atoms with E-state index in [0.29, 0.717) is 23.5 Å². The van der Waals surface area contributed by atoms with Crippen LogP contribution in [0.5, 0.6) is 0 Å². The van der Waals surface area contributed by atoms with Crippen molar-refractivity contribution in [1.29, 1.82) is 5.26 Å². The Balaban J connectivity index is 1.77. The van der Waals surface area contributed by atoms with Gasteiger partial charge in [-0.1, -0.05) is 12.1 Å². The number of nitriles is 1. The number of aromatic nitrogens is 3. The zero-order chi connectivity index (χ0) is 18.4. The number of nitrogens with one attached hydrogen (secondary N) is 2. The number of rotatable bonds is 5. The fraction of sp³-hybridized carbons (Fsp3) is 0.105. The molecule has 0 saturated carbocycles. The Labute approximate surface area is 150 Å². The Bertz CT molecular complexity index is 965. The highest BCUT2D eigenvalue weighted by atomic mass is 16.1. The summed E-state index contributed by atoms with van der Waals surface area (Å²) in [5.41, 5.74) is 2.90. The van der Waals surface area contributed by atoms with Gasteiger partial charge in [-0.2, -0.15) is 5.26 Å². The molecule has 7 nitrogen and oxygen atoms in total. The number of amides is 1. The lowest BCUT2D eigenvalue weighted by atomic mass is 10.2. The lowest BCUT2D eigenvalue weighted by Gasteiger charge is -2.10. The smallest absolute Gasteiger partial charge is 0.270 e. The number of nitrogens with zero attached hydrogens (tertiary/aromatic N) is 4. The molecule has 0 bridgehead atoms. The molecule has 0 spiro atoms. The second-order valence-electron chi connectivity index (χ2n) is 5.54. The highest BCUT2D eigenvalue weighted by Crippen LogP contribution is 2.18. The van der Waals surface area contributed by atoms with Gasteiger partial charge in [-0.05, 0) is 42.8 Å². The van der Waals surface area contributed by atoms with Crippen LogP contribution in [0.2, 0.25) is 0 Å². The molecule has 1 aromatic carbocycles. The summed E-state index contributed by atoms with van der Waals surface area (Å²) in [4.78, 5) is 24.9. The summed E-state index contributed by atoms with van der Waals surface area (Å²) < 4.78 is 0. The minimum Gasteiger partial charge on any atom is -0.347 e. The summed E-state index contributed by atoms with van der Waals surface area (Å²) in [6.45, 7) is 2.16. The van der Waals surface area contributed by atoms with Crippen LogP contribution in [0.3, 0.4) is 0 Å². The first-order valence-electron chi connectivity index (χ1n) is 7.94. The van der Waals surface area contributed by atoms with Gasteiger partial charge in [0.15, 0.2) is 0 Å². The standard InChI is InChI=1S/C19H16N6O/c1-13-10-17(18(26)22-12-14-6-8-21-9-7-14)25-19(23-13)24-16-5-3-2-4-15(16)11-20/h2-10H,12H2,1H3,(H,22,26)(H,23,24,25). The van der Waals surface area contributed by atoms with Crippen LogP contribution in [0.1, 0.15) is 27.3 Å². The quantitative estimate of drug-likeness (QED) is 0.737. The Morgan fingerprint density at radius 2 is 1.92 bits per heavy atom. The topological polar surface area (TPSA) is 104 Å². The number of aryl methyl sites for hydroxylation is 1. The molecule has 1 amide bonds. The molecule has 128 valence electrons. The number of hydrogen-bond acceptors (Lipinski definition) is 6. The predicted molar refractivity (Wildman–Crippen MR) is 96.6 cm³/mol. The molecule has 2 heterocycles. The summed E-state index contributed by atoms with van der Waals surface area (Å²) in [5, 5.41) is 15.0. The number of carbonyl (C=O) groups excluding carboxylic acids is 1. The van der Waals surface area contributed by atoms with Crippen molar-refractivity contribution in [2.24, 2.45) is 0 Å². The number of para-hydroxylation sites is 1. The van der Waals surface area contributed by atoms with Gasteiger partial charge in [0, 0.05) is 24.6 Å². The highest BCUT2D eigenvalue weighted by Gasteiger charge is 2.11. The fourth-order valence-electron chi connectivity index (χ4n) is 2.32. The van der Waals surface area contributed by atoms with E-state index in [4.69, 9.17) is 0 Å². The average molecular weight is 344 g/mol. The van der Waals surface area contributed by atoms with Crippen LogP contribution in [0.15, 0.2) is 54.9 Å². The van der Waals surface area contributed by atoms with E-state index in [1.54, 1.807) is 49.6 Å². The minimum absolute atomic E-state index is 0.253. The summed E-state index contributed by atoms with van der Waals surface area (Å²) in [6, 6.07) is 14.4. The number of pyridine rings is 1. The molecule has 0 aliphatic heterocycles. The Morgan fingerprint density at radius 3 is 2.69 bits per heavy atom. The molecule has 3 rings (SSSR count). The van der Waals surface area contributed by atoms with Crippen molar-refractivity contribution in [3.8, 4) is 6.07 Å². The third-order valence-electron chi connectivity index (χ3n) is 3.58. The maximum atomic E-state index is 12.4. The zero-order valence-corrected chi connectivity index (χ0v) is 14.1. The first-order chi connectivity index (χ1) is 12.7. The second-order valence-corrected chi connectivity index (χ2v) is 5.54. The van der Waals surface area contributed by atoms with Crippen LogP contribution in [0.25, 0.3) is 0 Å². The van der Waals surface area contributed by atoms with Gasteiger partial charge in [0.1, 0.15) is 11.8 Å². The predicted octanol–water partition coefficient (Wildman–Crippen LogP) is 2.73. The van der Waals surface area contributed by atoms with Gasteiger partial charge in [0.2, 0.25) is 5.95 Å². The lowest BCUT2D eigenvalue weighted by molar-refractivity contribution is 0.0945. The van der Waals surface area contributed by atoms with Gasteiger partial charge in [0.05, 0.1) is 11.3 Å². The number of benzene rings is 1. The molecule has 0 unspecified atom stereocenters. The molecule has 0 aliphatic carbocycles. The van der Waals surface area contributed by atoms with Crippen LogP contribution in [0.4, 0.5) is 11.6 Å². The first kappa shape index (κ1) is 17.0. The summed E-state index contributed by atoms with van der Waals surface area (Å²) >= 11 is 0. The summed E-state index contributed by atoms with van der Waals surface area (Å²) in [6.07, 6.45) is 3.34. The van der Waals surface area contributed by atoms with Crippen molar-refractivity contribution in [1.82, 2.24) is 20.3 Å². The number of anilines is 2. The maximum Gasteiger partial charge on any atom is 0.270 e. The van der Waals surface area contributed by atoms with E-state index in [9.17, 15) is 10.1 Å².